The van der Waals surface area contributed by atoms with Crippen LogP contribution in [0.25, 0.3) is 0 Å². The van der Waals surface area contributed by atoms with Crippen LogP contribution in [0.4, 0.5) is 13.2 Å². The molecule has 0 unspecified atom stereocenters. The molecule has 0 aliphatic heterocycles. The minimum atomic E-state index is -4.49. The summed E-state index contributed by atoms with van der Waals surface area (Å²) >= 11 is 5.84. The van der Waals surface area contributed by atoms with Crippen molar-refractivity contribution in [2.24, 2.45) is 0 Å². The van der Waals surface area contributed by atoms with E-state index < -0.39 is 17.3 Å². The van der Waals surface area contributed by atoms with Gasteiger partial charge in [0.1, 0.15) is 0 Å². The summed E-state index contributed by atoms with van der Waals surface area (Å²) in [5.74, 6) is 0. The smallest absolute Gasteiger partial charge is 0.256 e. The van der Waals surface area contributed by atoms with Gasteiger partial charge in [-0.2, -0.15) is 18.3 Å². The molecule has 1 rings (SSSR count). The number of nitrogens with zero attached hydrogens (tertiary/aromatic N) is 2. The zero-order chi connectivity index (χ0) is 13.6. The molecule has 0 bridgehead atoms. The average molecular weight is 269 g/mol. The fourth-order valence-corrected chi connectivity index (χ4v) is 2.04. The van der Waals surface area contributed by atoms with E-state index in [2.05, 4.69) is 5.10 Å². The Hall–Kier alpha value is -0.710. The third-order valence-electron chi connectivity index (χ3n) is 2.32. The molecule has 0 aromatic carbocycles. The lowest BCUT2D eigenvalue weighted by atomic mass is 9.92. The van der Waals surface area contributed by atoms with E-state index in [1.165, 1.54) is 0 Å². The SMILES string of the molecule is CC(C)n1nc(C(C)(C)C)c(Cl)c1C(F)(F)F. The van der Waals surface area contributed by atoms with Crippen LogP contribution in [0.1, 0.15) is 52.0 Å². The van der Waals surface area contributed by atoms with Crippen LogP contribution >= 0.6 is 11.6 Å². The van der Waals surface area contributed by atoms with Gasteiger partial charge in [0.25, 0.3) is 0 Å². The maximum absolute atomic E-state index is 12.9. The van der Waals surface area contributed by atoms with Crippen molar-refractivity contribution in [2.45, 2.75) is 52.3 Å². The highest BCUT2D eigenvalue weighted by atomic mass is 35.5. The quantitative estimate of drug-likeness (QED) is 0.736. The molecule has 0 fully saturated rings. The molecular formula is C11H16ClF3N2. The van der Waals surface area contributed by atoms with Crippen molar-refractivity contribution < 1.29 is 13.2 Å². The fraction of sp³-hybridized carbons (Fsp3) is 0.727. The lowest BCUT2D eigenvalue weighted by Crippen LogP contribution is -2.17. The Kier molecular flexibility index (Phi) is 3.54. The van der Waals surface area contributed by atoms with Crippen LogP contribution in [-0.2, 0) is 11.6 Å². The van der Waals surface area contributed by atoms with Crippen molar-refractivity contribution in [1.82, 2.24) is 9.78 Å². The minimum absolute atomic E-state index is 0.278. The molecule has 0 aliphatic rings. The molecule has 98 valence electrons. The first-order valence-electron chi connectivity index (χ1n) is 5.32. The summed E-state index contributed by atoms with van der Waals surface area (Å²) in [5.41, 5.74) is -1.10. The van der Waals surface area contributed by atoms with Crippen molar-refractivity contribution in [3.8, 4) is 0 Å². The van der Waals surface area contributed by atoms with Crippen LogP contribution in [0, 0.1) is 0 Å². The molecular weight excluding hydrogens is 253 g/mol. The number of hydrogen-bond acceptors (Lipinski definition) is 1. The molecule has 0 amide bonds. The summed E-state index contributed by atoms with van der Waals surface area (Å²) < 4.78 is 39.7. The molecule has 0 spiro atoms. The molecule has 0 saturated carbocycles. The maximum atomic E-state index is 12.9. The normalized spacial score (nSPS) is 13.5. The zero-order valence-corrected chi connectivity index (χ0v) is 11.2. The van der Waals surface area contributed by atoms with E-state index in [0.29, 0.717) is 0 Å². The topological polar surface area (TPSA) is 17.8 Å². The highest BCUT2D eigenvalue weighted by molar-refractivity contribution is 6.32. The van der Waals surface area contributed by atoms with Gasteiger partial charge in [-0.05, 0) is 13.8 Å². The molecule has 0 N–H and O–H groups in total. The van der Waals surface area contributed by atoms with Crippen molar-refractivity contribution in [3.05, 3.63) is 16.4 Å². The monoisotopic (exact) mass is 268 g/mol. The summed E-state index contributed by atoms with van der Waals surface area (Å²) in [6.07, 6.45) is -4.49. The largest absolute Gasteiger partial charge is 0.434 e. The van der Waals surface area contributed by atoms with Crippen LogP contribution in [0.5, 0.6) is 0 Å². The molecule has 17 heavy (non-hydrogen) atoms. The second-order valence-electron chi connectivity index (χ2n) is 5.30. The van der Waals surface area contributed by atoms with Gasteiger partial charge in [0.05, 0.1) is 10.7 Å². The van der Waals surface area contributed by atoms with Crippen molar-refractivity contribution in [1.29, 1.82) is 0 Å². The number of hydrogen-bond donors (Lipinski definition) is 0. The van der Waals surface area contributed by atoms with Gasteiger partial charge in [-0.1, -0.05) is 32.4 Å². The first-order valence-corrected chi connectivity index (χ1v) is 5.69. The van der Waals surface area contributed by atoms with Crippen molar-refractivity contribution in [3.63, 3.8) is 0 Å². The van der Waals surface area contributed by atoms with Crippen molar-refractivity contribution in [2.75, 3.05) is 0 Å². The second kappa shape index (κ2) is 4.19. The van der Waals surface area contributed by atoms with Gasteiger partial charge >= 0.3 is 6.18 Å². The van der Waals surface area contributed by atoms with E-state index in [0.717, 1.165) is 4.68 Å². The third kappa shape index (κ3) is 2.76. The highest BCUT2D eigenvalue weighted by Gasteiger charge is 2.41. The van der Waals surface area contributed by atoms with Gasteiger partial charge in [-0.25, -0.2) is 0 Å². The van der Waals surface area contributed by atoms with Gasteiger partial charge < -0.3 is 0 Å². The summed E-state index contributed by atoms with van der Waals surface area (Å²) in [7, 11) is 0. The van der Waals surface area contributed by atoms with Gasteiger partial charge in [0, 0.05) is 11.5 Å². The number of halogens is 4. The number of aromatic nitrogens is 2. The van der Waals surface area contributed by atoms with E-state index >= 15 is 0 Å². The van der Waals surface area contributed by atoms with Crippen LogP contribution < -0.4 is 0 Å². The zero-order valence-electron chi connectivity index (χ0n) is 10.5. The number of rotatable bonds is 1. The second-order valence-corrected chi connectivity index (χ2v) is 5.68. The molecule has 1 aromatic heterocycles. The molecule has 2 nitrogen and oxygen atoms in total. The summed E-state index contributed by atoms with van der Waals surface area (Å²) in [6, 6.07) is -0.389. The van der Waals surface area contributed by atoms with Crippen LogP contribution in [-0.4, -0.2) is 9.78 Å². The fourth-order valence-electron chi connectivity index (χ4n) is 1.52. The minimum Gasteiger partial charge on any atom is -0.256 e. The van der Waals surface area contributed by atoms with Crippen LogP contribution in [0.15, 0.2) is 0 Å². The van der Waals surface area contributed by atoms with Gasteiger partial charge in [0.15, 0.2) is 5.69 Å². The maximum Gasteiger partial charge on any atom is 0.434 e. The van der Waals surface area contributed by atoms with E-state index in [1.807, 2.05) is 0 Å². The standard InChI is InChI=1S/C11H16ClF3N2/c1-6(2)17-9(11(13,14)15)7(12)8(16-17)10(3,4)5/h6H,1-5H3. The van der Waals surface area contributed by atoms with Gasteiger partial charge in [-0.3, -0.25) is 4.68 Å². The Morgan fingerprint density at radius 1 is 1.18 bits per heavy atom. The van der Waals surface area contributed by atoms with E-state index in [9.17, 15) is 13.2 Å². The molecule has 0 radical (unpaired) electrons. The Balaban J connectivity index is 3.53. The van der Waals surface area contributed by atoms with Gasteiger partial charge in [-0.15, -0.1) is 0 Å². The Morgan fingerprint density at radius 2 is 1.65 bits per heavy atom. The van der Waals surface area contributed by atoms with Crippen LogP contribution in [0.3, 0.4) is 0 Å². The van der Waals surface area contributed by atoms with Crippen molar-refractivity contribution >= 4 is 11.6 Å². The third-order valence-corrected chi connectivity index (χ3v) is 2.68. The van der Waals surface area contributed by atoms with E-state index in [4.69, 9.17) is 11.6 Å². The lowest BCUT2D eigenvalue weighted by Gasteiger charge is -2.15. The summed E-state index contributed by atoms with van der Waals surface area (Å²) in [5, 5.41) is 3.72. The predicted molar refractivity (Wildman–Crippen MR) is 61.3 cm³/mol. The Bertz CT molecular complexity index is 414. The molecule has 0 aliphatic carbocycles. The summed E-state index contributed by atoms with van der Waals surface area (Å²) in [6.45, 7) is 8.64. The predicted octanol–water partition coefficient (Wildman–Crippen LogP) is 4.43. The first-order chi connectivity index (χ1) is 7.46. The Labute approximate surface area is 104 Å². The first kappa shape index (κ1) is 14.4. The van der Waals surface area contributed by atoms with Crippen LogP contribution in [0.2, 0.25) is 5.02 Å². The lowest BCUT2D eigenvalue weighted by molar-refractivity contribution is -0.144. The molecule has 1 aromatic rings. The molecule has 1 heterocycles. The Morgan fingerprint density at radius 3 is 1.88 bits per heavy atom. The van der Waals surface area contributed by atoms with Gasteiger partial charge in [0.2, 0.25) is 0 Å². The number of alkyl halides is 3. The highest BCUT2D eigenvalue weighted by Crippen LogP contribution is 2.41. The average Bonchev–Trinajstić information content (AvgIpc) is 2.40. The molecule has 0 atom stereocenters. The van der Waals surface area contributed by atoms with E-state index in [1.54, 1.807) is 34.6 Å². The van der Waals surface area contributed by atoms with E-state index in [-0.39, 0.29) is 16.8 Å². The molecule has 6 heteroatoms. The summed E-state index contributed by atoms with van der Waals surface area (Å²) in [4.78, 5) is 0. The molecule has 0 saturated heterocycles.